The number of carbonyl (C=O) groups is 2. The molecule has 0 aromatic heterocycles. The SMILES string of the molecule is O=C(N[C@@H]1CC(=O)N(c2cccc(F)c2)C1)c1ccc(C(F)(F)F)cc1. The molecule has 0 bridgehead atoms. The summed E-state index contributed by atoms with van der Waals surface area (Å²) in [7, 11) is 0. The van der Waals surface area contributed by atoms with Gasteiger partial charge < -0.3 is 10.2 Å². The first kappa shape index (κ1) is 17.9. The van der Waals surface area contributed by atoms with E-state index in [1.807, 2.05) is 0 Å². The number of alkyl halides is 3. The van der Waals surface area contributed by atoms with Gasteiger partial charge in [-0.25, -0.2) is 4.39 Å². The van der Waals surface area contributed by atoms with Gasteiger partial charge in [-0.05, 0) is 42.5 Å². The van der Waals surface area contributed by atoms with E-state index >= 15 is 0 Å². The molecule has 1 aliphatic heterocycles. The molecule has 2 aromatic carbocycles. The molecule has 136 valence electrons. The van der Waals surface area contributed by atoms with E-state index in [0.717, 1.165) is 24.3 Å². The third kappa shape index (κ3) is 3.84. The molecule has 1 aliphatic rings. The summed E-state index contributed by atoms with van der Waals surface area (Å²) in [4.78, 5) is 25.6. The van der Waals surface area contributed by atoms with Crippen LogP contribution in [0.4, 0.5) is 23.2 Å². The number of hydrogen-bond donors (Lipinski definition) is 1. The maximum Gasteiger partial charge on any atom is 0.416 e. The van der Waals surface area contributed by atoms with Crippen molar-refractivity contribution in [1.82, 2.24) is 5.32 Å². The Balaban J connectivity index is 1.66. The first-order chi connectivity index (χ1) is 12.2. The number of amides is 2. The lowest BCUT2D eigenvalue weighted by Crippen LogP contribution is -2.37. The molecule has 1 saturated heterocycles. The number of halogens is 4. The van der Waals surface area contributed by atoms with E-state index in [9.17, 15) is 27.2 Å². The minimum Gasteiger partial charge on any atom is -0.347 e. The number of rotatable bonds is 3. The monoisotopic (exact) mass is 366 g/mol. The van der Waals surface area contributed by atoms with Gasteiger partial charge >= 0.3 is 6.18 Å². The van der Waals surface area contributed by atoms with Gasteiger partial charge in [0.05, 0.1) is 11.6 Å². The summed E-state index contributed by atoms with van der Waals surface area (Å²) in [6, 6.07) is 8.85. The number of nitrogens with zero attached hydrogens (tertiary/aromatic N) is 1. The number of nitrogens with one attached hydrogen (secondary N) is 1. The summed E-state index contributed by atoms with van der Waals surface area (Å²) in [6.07, 6.45) is -4.44. The maximum absolute atomic E-state index is 13.3. The minimum atomic E-state index is -4.47. The van der Waals surface area contributed by atoms with Crippen LogP contribution in [0.5, 0.6) is 0 Å². The second-order valence-corrected chi connectivity index (χ2v) is 5.93. The Kier molecular flexibility index (Phi) is 4.67. The molecule has 3 rings (SSSR count). The molecule has 0 spiro atoms. The highest BCUT2D eigenvalue weighted by molar-refractivity contribution is 5.98. The molecule has 1 fully saturated rings. The average Bonchev–Trinajstić information content (AvgIpc) is 2.94. The van der Waals surface area contributed by atoms with Crippen LogP contribution in [0.2, 0.25) is 0 Å². The smallest absolute Gasteiger partial charge is 0.347 e. The van der Waals surface area contributed by atoms with Gasteiger partial charge in [0.2, 0.25) is 5.91 Å². The third-order valence-electron chi connectivity index (χ3n) is 4.05. The molecule has 2 aromatic rings. The summed E-state index contributed by atoms with van der Waals surface area (Å²) in [5.74, 6) is -1.32. The molecular formula is C18H14F4N2O2. The highest BCUT2D eigenvalue weighted by Crippen LogP contribution is 2.29. The second kappa shape index (κ2) is 6.78. The van der Waals surface area contributed by atoms with Gasteiger partial charge in [-0.3, -0.25) is 9.59 Å². The number of anilines is 1. The number of hydrogen-bond acceptors (Lipinski definition) is 2. The Morgan fingerprint density at radius 3 is 2.42 bits per heavy atom. The zero-order valence-corrected chi connectivity index (χ0v) is 13.4. The normalized spacial score (nSPS) is 17.5. The molecule has 2 amide bonds. The Morgan fingerprint density at radius 2 is 1.81 bits per heavy atom. The molecule has 26 heavy (non-hydrogen) atoms. The molecule has 0 radical (unpaired) electrons. The molecule has 4 nitrogen and oxygen atoms in total. The van der Waals surface area contributed by atoms with Crippen LogP contribution in [0.25, 0.3) is 0 Å². The topological polar surface area (TPSA) is 49.4 Å². The van der Waals surface area contributed by atoms with Gasteiger partial charge in [-0.15, -0.1) is 0 Å². The molecule has 1 atom stereocenters. The first-order valence-corrected chi connectivity index (χ1v) is 7.78. The highest BCUT2D eigenvalue weighted by Gasteiger charge is 2.33. The van der Waals surface area contributed by atoms with Gasteiger partial charge in [-0.2, -0.15) is 13.2 Å². The Hall–Kier alpha value is -2.90. The zero-order chi connectivity index (χ0) is 18.9. The van der Waals surface area contributed by atoms with E-state index in [1.165, 1.54) is 23.1 Å². The van der Waals surface area contributed by atoms with E-state index < -0.39 is 29.5 Å². The summed E-state index contributed by atoms with van der Waals surface area (Å²) in [5.41, 5.74) is -0.390. The van der Waals surface area contributed by atoms with Gasteiger partial charge in [0, 0.05) is 24.2 Å². The van der Waals surface area contributed by atoms with Crippen LogP contribution in [0.1, 0.15) is 22.3 Å². The van der Waals surface area contributed by atoms with Gasteiger partial charge in [0.25, 0.3) is 5.91 Å². The molecule has 0 unspecified atom stereocenters. The van der Waals surface area contributed by atoms with Crippen molar-refractivity contribution in [1.29, 1.82) is 0 Å². The third-order valence-corrected chi connectivity index (χ3v) is 4.05. The van der Waals surface area contributed by atoms with Crippen LogP contribution in [0.3, 0.4) is 0 Å². The molecule has 8 heteroatoms. The Labute approximate surface area is 146 Å². The lowest BCUT2D eigenvalue weighted by Gasteiger charge is -2.17. The van der Waals surface area contributed by atoms with Crippen molar-refractivity contribution in [2.75, 3.05) is 11.4 Å². The molecule has 0 saturated carbocycles. The van der Waals surface area contributed by atoms with E-state index in [4.69, 9.17) is 0 Å². The van der Waals surface area contributed by atoms with Crippen molar-refractivity contribution >= 4 is 17.5 Å². The van der Waals surface area contributed by atoms with E-state index in [1.54, 1.807) is 6.07 Å². The van der Waals surface area contributed by atoms with Crippen LogP contribution in [-0.4, -0.2) is 24.4 Å². The molecular weight excluding hydrogens is 352 g/mol. The predicted octanol–water partition coefficient (Wildman–Crippen LogP) is 3.38. The fourth-order valence-electron chi connectivity index (χ4n) is 2.78. The average molecular weight is 366 g/mol. The second-order valence-electron chi connectivity index (χ2n) is 5.93. The lowest BCUT2D eigenvalue weighted by atomic mass is 10.1. The van der Waals surface area contributed by atoms with Gasteiger partial charge in [0.1, 0.15) is 5.82 Å². The summed E-state index contributed by atoms with van der Waals surface area (Å²) >= 11 is 0. The summed E-state index contributed by atoms with van der Waals surface area (Å²) < 4.78 is 51.0. The lowest BCUT2D eigenvalue weighted by molar-refractivity contribution is -0.137. The van der Waals surface area contributed by atoms with E-state index in [-0.39, 0.29) is 24.4 Å². The Morgan fingerprint density at radius 1 is 1.12 bits per heavy atom. The van der Waals surface area contributed by atoms with Crippen LogP contribution in [-0.2, 0) is 11.0 Å². The van der Waals surface area contributed by atoms with Gasteiger partial charge in [-0.1, -0.05) is 6.07 Å². The molecule has 1 N–H and O–H groups in total. The highest BCUT2D eigenvalue weighted by atomic mass is 19.4. The molecule has 1 heterocycles. The van der Waals surface area contributed by atoms with Crippen LogP contribution in [0.15, 0.2) is 48.5 Å². The first-order valence-electron chi connectivity index (χ1n) is 7.78. The van der Waals surface area contributed by atoms with Crippen molar-refractivity contribution < 1.29 is 27.2 Å². The summed E-state index contributed by atoms with van der Waals surface area (Å²) in [5, 5.41) is 2.62. The van der Waals surface area contributed by atoms with E-state index in [2.05, 4.69) is 5.32 Å². The quantitative estimate of drug-likeness (QED) is 0.847. The van der Waals surface area contributed by atoms with Crippen LogP contribution in [0, 0.1) is 5.82 Å². The fourth-order valence-corrected chi connectivity index (χ4v) is 2.78. The van der Waals surface area contributed by atoms with Crippen molar-refractivity contribution in [2.24, 2.45) is 0 Å². The zero-order valence-electron chi connectivity index (χ0n) is 13.4. The van der Waals surface area contributed by atoms with Crippen LogP contribution >= 0.6 is 0 Å². The van der Waals surface area contributed by atoms with Crippen molar-refractivity contribution in [3.63, 3.8) is 0 Å². The predicted molar refractivity (Wildman–Crippen MR) is 86.1 cm³/mol. The van der Waals surface area contributed by atoms with Crippen LogP contribution < -0.4 is 10.2 Å². The van der Waals surface area contributed by atoms with Crippen molar-refractivity contribution in [2.45, 2.75) is 18.6 Å². The largest absolute Gasteiger partial charge is 0.416 e. The van der Waals surface area contributed by atoms with Crippen molar-refractivity contribution in [3.8, 4) is 0 Å². The minimum absolute atomic E-state index is 0.0306. The van der Waals surface area contributed by atoms with E-state index in [0.29, 0.717) is 5.69 Å². The van der Waals surface area contributed by atoms with Gasteiger partial charge in [0.15, 0.2) is 0 Å². The fraction of sp³-hybridized carbons (Fsp3) is 0.222. The van der Waals surface area contributed by atoms with Crippen molar-refractivity contribution in [3.05, 3.63) is 65.5 Å². The standard InChI is InChI=1S/C18H14F4N2O2/c19-13-2-1-3-15(8-13)24-10-14(9-16(24)25)23-17(26)11-4-6-12(7-5-11)18(20,21)22/h1-8,14H,9-10H2,(H,23,26)/t14-/m1/s1. The molecule has 0 aliphatic carbocycles. The number of carbonyl (C=O) groups excluding carboxylic acids is 2. The Bertz CT molecular complexity index is 834. The number of benzene rings is 2. The summed E-state index contributed by atoms with van der Waals surface area (Å²) in [6.45, 7) is 0.161. The maximum atomic E-state index is 13.3.